The largest absolute Gasteiger partial charge is 0.493 e. The maximum atomic E-state index is 12.0. The number of hydrogen-bond acceptors (Lipinski definition) is 4. The number of ether oxygens (including phenoxy) is 1. The molecule has 0 saturated heterocycles. The fourth-order valence-corrected chi connectivity index (χ4v) is 1.70. The number of hydrogen-bond donors (Lipinski definition) is 1. The van der Waals surface area contributed by atoms with Gasteiger partial charge in [-0.1, -0.05) is 13.8 Å². The lowest BCUT2D eigenvalue weighted by molar-refractivity contribution is 0.0954. The van der Waals surface area contributed by atoms with Crippen LogP contribution in [0.25, 0.3) is 0 Å². The van der Waals surface area contributed by atoms with Gasteiger partial charge in [0, 0.05) is 5.56 Å². The predicted octanol–water partition coefficient (Wildman–Crippen LogP) is 3.47. The van der Waals surface area contributed by atoms with Crippen LogP contribution in [0.1, 0.15) is 36.9 Å². The van der Waals surface area contributed by atoms with Crippen molar-refractivity contribution in [3.8, 4) is 5.75 Å². The highest BCUT2D eigenvalue weighted by Crippen LogP contribution is 2.13. The Kier molecular flexibility index (Phi) is 5.36. The molecule has 0 saturated carbocycles. The molecule has 0 aliphatic heterocycles. The van der Waals surface area contributed by atoms with Crippen LogP contribution in [0.15, 0.2) is 52.2 Å². The summed E-state index contributed by atoms with van der Waals surface area (Å²) >= 11 is 0. The lowest BCUT2D eigenvalue weighted by Gasteiger charge is -2.08. The Morgan fingerprint density at radius 3 is 2.59 bits per heavy atom. The average molecular weight is 300 g/mol. The van der Waals surface area contributed by atoms with Gasteiger partial charge in [-0.2, -0.15) is 5.10 Å². The molecular formula is C17H20N2O3. The molecule has 1 aromatic heterocycles. The summed E-state index contributed by atoms with van der Waals surface area (Å²) in [6.07, 6.45) is 1.56. The topological polar surface area (TPSA) is 63.8 Å². The van der Waals surface area contributed by atoms with Crippen LogP contribution in [0.4, 0.5) is 0 Å². The summed E-state index contributed by atoms with van der Waals surface area (Å²) in [6.45, 7) is 6.59. The molecule has 2 aromatic rings. The van der Waals surface area contributed by atoms with E-state index in [1.807, 2.05) is 0 Å². The first-order chi connectivity index (χ1) is 10.6. The van der Waals surface area contributed by atoms with Gasteiger partial charge in [-0.25, -0.2) is 5.43 Å². The molecule has 0 radical (unpaired) electrons. The second kappa shape index (κ2) is 7.45. The summed E-state index contributed by atoms with van der Waals surface area (Å²) in [7, 11) is 0. The molecule has 0 aliphatic rings. The van der Waals surface area contributed by atoms with E-state index >= 15 is 0 Å². The summed E-state index contributed by atoms with van der Waals surface area (Å²) < 4.78 is 10.8. The number of nitrogens with zero attached hydrogens (tertiary/aromatic N) is 1. The number of carbonyl (C=O) groups excluding carboxylic acids is 1. The third-order valence-corrected chi connectivity index (χ3v) is 2.90. The van der Waals surface area contributed by atoms with E-state index in [-0.39, 0.29) is 5.91 Å². The smallest absolute Gasteiger partial charge is 0.271 e. The van der Waals surface area contributed by atoms with Crippen molar-refractivity contribution in [3.63, 3.8) is 0 Å². The first-order valence-corrected chi connectivity index (χ1v) is 7.17. The monoisotopic (exact) mass is 300 g/mol. The van der Waals surface area contributed by atoms with Crippen LogP contribution in [0.5, 0.6) is 5.75 Å². The van der Waals surface area contributed by atoms with Crippen LogP contribution in [-0.4, -0.2) is 18.2 Å². The standard InChI is InChI=1S/C17H20N2O3/c1-12(2)11-22-15-8-6-14(7-9-15)17(20)19-18-13(3)16-5-4-10-21-16/h4-10,12H,11H2,1-3H3,(H,19,20). The van der Waals surface area contributed by atoms with Gasteiger partial charge >= 0.3 is 0 Å². The van der Waals surface area contributed by atoms with Crippen molar-refractivity contribution in [3.05, 3.63) is 54.0 Å². The number of carbonyl (C=O) groups is 1. The molecule has 0 fully saturated rings. The molecule has 0 bridgehead atoms. The summed E-state index contributed by atoms with van der Waals surface area (Å²) in [6, 6.07) is 10.5. The summed E-state index contributed by atoms with van der Waals surface area (Å²) in [5.41, 5.74) is 3.63. The minimum absolute atomic E-state index is 0.277. The number of nitrogens with one attached hydrogen (secondary N) is 1. The van der Waals surface area contributed by atoms with Crippen molar-refractivity contribution in [2.24, 2.45) is 11.0 Å². The van der Waals surface area contributed by atoms with Gasteiger partial charge in [0.1, 0.15) is 17.2 Å². The SMILES string of the molecule is CC(=NNC(=O)c1ccc(OCC(C)C)cc1)c1ccco1. The number of rotatable bonds is 6. The quantitative estimate of drug-likeness (QED) is 0.656. The van der Waals surface area contributed by atoms with Crippen LogP contribution >= 0.6 is 0 Å². The van der Waals surface area contributed by atoms with Crippen molar-refractivity contribution >= 4 is 11.6 Å². The molecule has 1 N–H and O–H groups in total. The van der Waals surface area contributed by atoms with Gasteiger partial charge in [-0.3, -0.25) is 4.79 Å². The van der Waals surface area contributed by atoms with E-state index in [2.05, 4.69) is 24.4 Å². The van der Waals surface area contributed by atoms with E-state index in [4.69, 9.17) is 9.15 Å². The zero-order valence-electron chi connectivity index (χ0n) is 13.0. The highest BCUT2D eigenvalue weighted by atomic mass is 16.5. The molecule has 1 amide bonds. The van der Waals surface area contributed by atoms with Crippen molar-refractivity contribution in [1.82, 2.24) is 5.43 Å². The average Bonchev–Trinajstić information content (AvgIpc) is 3.05. The second-order valence-corrected chi connectivity index (χ2v) is 5.34. The molecule has 2 rings (SSSR count). The van der Waals surface area contributed by atoms with Gasteiger partial charge in [0.05, 0.1) is 12.9 Å². The summed E-state index contributed by atoms with van der Waals surface area (Å²) in [5, 5.41) is 4.02. The molecule has 1 heterocycles. The molecule has 0 spiro atoms. The van der Waals surface area contributed by atoms with Crippen LogP contribution < -0.4 is 10.2 Å². The predicted molar refractivity (Wildman–Crippen MR) is 85.2 cm³/mol. The molecule has 5 heteroatoms. The van der Waals surface area contributed by atoms with Crippen LogP contribution in [-0.2, 0) is 0 Å². The summed E-state index contributed by atoms with van der Waals surface area (Å²) in [5.74, 6) is 1.56. The van der Waals surface area contributed by atoms with Crippen molar-refractivity contribution in [1.29, 1.82) is 0 Å². The number of benzene rings is 1. The number of furan rings is 1. The third-order valence-electron chi connectivity index (χ3n) is 2.90. The second-order valence-electron chi connectivity index (χ2n) is 5.34. The van der Waals surface area contributed by atoms with Crippen molar-refractivity contribution < 1.29 is 13.9 Å². The van der Waals surface area contributed by atoms with E-state index in [1.165, 1.54) is 0 Å². The van der Waals surface area contributed by atoms with Gasteiger partial charge < -0.3 is 9.15 Å². The molecule has 0 aliphatic carbocycles. The molecule has 116 valence electrons. The molecule has 22 heavy (non-hydrogen) atoms. The zero-order chi connectivity index (χ0) is 15.9. The van der Waals surface area contributed by atoms with E-state index in [9.17, 15) is 4.79 Å². The highest BCUT2D eigenvalue weighted by molar-refractivity contribution is 5.99. The number of amides is 1. The van der Waals surface area contributed by atoms with E-state index < -0.39 is 0 Å². The Labute approximate surface area is 130 Å². The maximum Gasteiger partial charge on any atom is 0.271 e. The van der Waals surface area contributed by atoms with Gasteiger partial charge in [0.25, 0.3) is 5.91 Å². The first-order valence-electron chi connectivity index (χ1n) is 7.17. The van der Waals surface area contributed by atoms with Gasteiger partial charge in [-0.05, 0) is 49.2 Å². The first kappa shape index (κ1) is 15.8. The van der Waals surface area contributed by atoms with Crippen LogP contribution in [0.3, 0.4) is 0 Å². The molecule has 5 nitrogen and oxygen atoms in total. The molecule has 0 atom stereocenters. The highest BCUT2D eigenvalue weighted by Gasteiger charge is 2.06. The minimum Gasteiger partial charge on any atom is -0.493 e. The van der Waals surface area contributed by atoms with Gasteiger partial charge in [0.15, 0.2) is 0 Å². The van der Waals surface area contributed by atoms with Crippen molar-refractivity contribution in [2.45, 2.75) is 20.8 Å². The number of hydrazone groups is 1. The Hall–Kier alpha value is -2.56. The fourth-order valence-electron chi connectivity index (χ4n) is 1.70. The summed E-state index contributed by atoms with van der Waals surface area (Å²) in [4.78, 5) is 12.0. The lowest BCUT2D eigenvalue weighted by atomic mass is 10.2. The third kappa shape index (κ3) is 4.48. The van der Waals surface area contributed by atoms with Gasteiger partial charge in [0.2, 0.25) is 0 Å². The van der Waals surface area contributed by atoms with E-state index in [0.717, 1.165) is 5.75 Å². The molecular weight excluding hydrogens is 280 g/mol. The van der Waals surface area contributed by atoms with E-state index in [1.54, 1.807) is 49.6 Å². The van der Waals surface area contributed by atoms with Crippen molar-refractivity contribution in [2.75, 3.05) is 6.61 Å². The lowest BCUT2D eigenvalue weighted by Crippen LogP contribution is -2.19. The maximum absolute atomic E-state index is 12.0. The Morgan fingerprint density at radius 2 is 2.00 bits per heavy atom. The Morgan fingerprint density at radius 1 is 1.27 bits per heavy atom. The molecule has 0 unspecified atom stereocenters. The Bertz CT molecular complexity index is 628. The minimum atomic E-state index is -0.277. The zero-order valence-corrected chi connectivity index (χ0v) is 13.0. The fraction of sp³-hybridized carbons (Fsp3) is 0.294. The van der Waals surface area contributed by atoms with Crippen LogP contribution in [0, 0.1) is 5.92 Å². The molecule has 1 aromatic carbocycles. The van der Waals surface area contributed by atoms with E-state index in [0.29, 0.717) is 29.6 Å². The normalized spacial score (nSPS) is 11.5. The van der Waals surface area contributed by atoms with Gasteiger partial charge in [-0.15, -0.1) is 0 Å². The Balaban J connectivity index is 1.94. The van der Waals surface area contributed by atoms with Crippen LogP contribution in [0.2, 0.25) is 0 Å².